The number of aromatic amines is 1. The Labute approximate surface area is 123 Å². The van der Waals surface area contributed by atoms with Crippen molar-refractivity contribution in [3.05, 3.63) is 23.5 Å². The average molecular weight is 291 g/mol. The number of likely N-dealkylation sites (tertiary alicyclic amines) is 1. The Morgan fingerprint density at radius 1 is 1.48 bits per heavy atom. The minimum absolute atomic E-state index is 0.00794. The number of nitrogens with zero attached hydrogens (tertiary/aromatic N) is 1. The van der Waals surface area contributed by atoms with Crippen molar-refractivity contribution >= 4 is 11.8 Å². The van der Waals surface area contributed by atoms with E-state index in [1.165, 1.54) is 0 Å². The van der Waals surface area contributed by atoms with Gasteiger partial charge < -0.3 is 19.9 Å². The van der Waals surface area contributed by atoms with Crippen LogP contribution in [0.25, 0.3) is 0 Å². The molecule has 0 saturated carbocycles. The fraction of sp³-hybridized carbons (Fsp3) is 0.600. The molecule has 2 saturated heterocycles. The predicted octanol–water partition coefficient (Wildman–Crippen LogP) is 0.548. The molecular weight excluding hydrogens is 270 g/mol. The summed E-state index contributed by atoms with van der Waals surface area (Å²) in [4.78, 5) is 29.8. The molecule has 2 aliphatic rings. The first-order chi connectivity index (χ1) is 10.1. The molecule has 3 rings (SSSR count). The first-order valence-electron chi connectivity index (χ1n) is 7.31. The molecule has 0 bridgehead atoms. The van der Waals surface area contributed by atoms with Gasteiger partial charge in [0.15, 0.2) is 0 Å². The van der Waals surface area contributed by atoms with Crippen molar-refractivity contribution in [1.82, 2.24) is 15.2 Å². The first kappa shape index (κ1) is 14.1. The van der Waals surface area contributed by atoms with E-state index >= 15 is 0 Å². The second kappa shape index (κ2) is 5.18. The van der Waals surface area contributed by atoms with Crippen molar-refractivity contribution in [2.75, 3.05) is 33.4 Å². The highest BCUT2D eigenvalue weighted by molar-refractivity contribution is 5.96. The molecule has 6 heteroatoms. The topological polar surface area (TPSA) is 74.4 Å². The number of carbonyl (C=O) groups is 2. The highest BCUT2D eigenvalue weighted by Gasteiger charge is 2.54. The molecule has 1 aromatic heterocycles. The predicted molar refractivity (Wildman–Crippen MR) is 76.9 cm³/mol. The van der Waals surface area contributed by atoms with Crippen LogP contribution in [-0.4, -0.2) is 55.0 Å². The van der Waals surface area contributed by atoms with E-state index in [4.69, 9.17) is 4.74 Å². The SMILES string of the molecule is CNC(=O)[C@]12CCOC[C@H]1CN(C(=O)c1c[nH]cc1C)C2. The van der Waals surface area contributed by atoms with Crippen molar-refractivity contribution in [1.29, 1.82) is 0 Å². The number of hydrogen-bond donors (Lipinski definition) is 2. The van der Waals surface area contributed by atoms with Gasteiger partial charge in [-0.15, -0.1) is 0 Å². The van der Waals surface area contributed by atoms with Gasteiger partial charge >= 0.3 is 0 Å². The Morgan fingerprint density at radius 2 is 2.29 bits per heavy atom. The Morgan fingerprint density at radius 3 is 2.95 bits per heavy atom. The van der Waals surface area contributed by atoms with Crippen LogP contribution in [0, 0.1) is 18.3 Å². The van der Waals surface area contributed by atoms with E-state index in [9.17, 15) is 9.59 Å². The third kappa shape index (κ3) is 2.14. The number of aryl methyl sites for hydroxylation is 1. The highest BCUT2D eigenvalue weighted by atomic mass is 16.5. The standard InChI is InChI=1S/C15H21N3O3/c1-10-5-17-6-12(10)13(19)18-7-11-8-21-4-3-15(11,9-18)14(20)16-2/h5-6,11,17H,3-4,7-9H2,1-2H3,(H,16,20)/t11-,15+/m1/s1. The van der Waals surface area contributed by atoms with Crippen LogP contribution in [0.15, 0.2) is 12.4 Å². The molecule has 21 heavy (non-hydrogen) atoms. The van der Waals surface area contributed by atoms with E-state index in [1.807, 2.05) is 13.1 Å². The monoisotopic (exact) mass is 291 g/mol. The van der Waals surface area contributed by atoms with Crippen LogP contribution < -0.4 is 5.32 Å². The maximum Gasteiger partial charge on any atom is 0.255 e. The fourth-order valence-corrected chi connectivity index (χ4v) is 3.57. The van der Waals surface area contributed by atoms with Crippen molar-refractivity contribution in [2.45, 2.75) is 13.3 Å². The third-order valence-electron chi connectivity index (χ3n) is 4.86. The molecule has 2 aliphatic heterocycles. The number of carbonyl (C=O) groups excluding carboxylic acids is 2. The number of nitrogens with one attached hydrogen (secondary N) is 2. The first-order valence-corrected chi connectivity index (χ1v) is 7.31. The third-order valence-corrected chi connectivity index (χ3v) is 4.86. The molecule has 6 nitrogen and oxygen atoms in total. The normalized spacial score (nSPS) is 28.3. The summed E-state index contributed by atoms with van der Waals surface area (Å²) in [7, 11) is 1.66. The van der Waals surface area contributed by atoms with Crippen molar-refractivity contribution in [3.8, 4) is 0 Å². The molecule has 0 spiro atoms. The summed E-state index contributed by atoms with van der Waals surface area (Å²) in [6.45, 7) is 4.09. The van der Waals surface area contributed by atoms with Gasteiger partial charge in [0, 0.05) is 45.1 Å². The van der Waals surface area contributed by atoms with Gasteiger partial charge in [0.05, 0.1) is 17.6 Å². The van der Waals surface area contributed by atoms with Crippen LogP contribution in [0.1, 0.15) is 22.3 Å². The highest BCUT2D eigenvalue weighted by Crippen LogP contribution is 2.42. The van der Waals surface area contributed by atoms with Gasteiger partial charge in [0.2, 0.25) is 5.91 Å². The lowest BCUT2D eigenvalue weighted by molar-refractivity contribution is -0.138. The van der Waals surface area contributed by atoms with Crippen LogP contribution in [-0.2, 0) is 9.53 Å². The smallest absolute Gasteiger partial charge is 0.255 e. The molecule has 2 atom stereocenters. The summed E-state index contributed by atoms with van der Waals surface area (Å²) >= 11 is 0. The second-order valence-corrected chi connectivity index (χ2v) is 5.99. The molecule has 0 radical (unpaired) electrons. The number of H-pyrrole nitrogens is 1. The summed E-state index contributed by atoms with van der Waals surface area (Å²) in [6.07, 6.45) is 4.21. The maximum absolute atomic E-state index is 12.7. The second-order valence-electron chi connectivity index (χ2n) is 5.99. The van der Waals surface area contributed by atoms with Gasteiger partial charge in [0.25, 0.3) is 5.91 Å². The van der Waals surface area contributed by atoms with Gasteiger partial charge in [-0.1, -0.05) is 0 Å². The molecule has 0 unspecified atom stereocenters. The summed E-state index contributed by atoms with van der Waals surface area (Å²) in [5.41, 5.74) is 1.12. The quantitative estimate of drug-likeness (QED) is 0.835. The van der Waals surface area contributed by atoms with Crippen LogP contribution in [0.3, 0.4) is 0 Å². The zero-order chi connectivity index (χ0) is 15.0. The molecule has 1 aromatic rings. The zero-order valence-corrected chi connectivity index (χ0v) is 12.4. The minimum Gasteiger partial charge on any atom is -0.381 e. The van der Waals surface area contributed by atoms with Gasteiger partial charge in [-0.2, -0.15) is 0 Å². The van der Waals surface area contributed by atoms with Gasteiger partial charge in [-0.05, 0) is 18.9 Å². The van der Waals surface area contributed by atoms with Crippen LogP contribution in [0.5, 0.6) is 0 Å². The number of ether oxygens (including phenoxy) is 1. The van der Waals surface area contributed by atoms with E-state index in [1.54, 1.807) is 18.1 Å². The van der Waals surface area contributed by atoms with E-state index in [2.05, 4.69) is 10.3 Å². The van der Waals surface area contributed by atoms with E-state index in [0.717, 1.165) is 5.56 Å². The van der Waals surface area contributed by atoms with E-state index in [0.29, 0.717) is 38.3 Å². The number of aromatic nitrogens is 1. The van der Waals surface area contributed by atoms with E-state index in [-0.39, 0.29) is 17.7 Å². The number of hydrogen-bond acceptors (Lipinski definition) is 3. The lowest BCUT2D eigenvalue weighted by Gasteiger charge is -2.36. The van der Waals surface area contributed by atoms with E-state index < -0.39 is 5.41 Å². The summed E-state index contributed by atoms with van der Waals surface area (Å²) in [6, 6.07) is 0. The lowest BCUT2D eigenvalue weighted by Crippen LogP contribution is -2.49. The Balaban J connectivity index is 1.86. The van der Waals surface area contributed by atoms with Crippen LogP contribution >= 0.6 is 0 Å². The molecule has 2 N–H and O–H groups in total. The molecule has 0 aliphatic carbocycles. The zero-order valence-electron chi connectivity index (χ0n) is 12.4. The Hall–Kier alpha value is -1.82. The van der Waals surface area contributed by atoms with Gasteiger partial charge in [-0.3, -0.25) is 9.59 Å². The molecule has 2 amide bonds. The number of fused-ring (bicyclic) bond motifs is 1. The number of amides is 2. The largest absolute Gasteiger partial charge is 0.381 e. The Bertz CT molecular complexity index is 568. The van der Waals surface area contributed by atoms with Crippen LogP contribution in [0.2, 0.25) is 0 Å². The van der Waals surface area contributed by atoms with Crippen LogP contribution in [0.4, 0.5) is 0 Å². The van der Waals surface area contributed by atoms with Crippen molar-refractivity contribution in [3.63, 3.8) is 0 Å². The maximum atomic E-state index is 12.7. The minimum atomic E-state index is -0.493. The number of rotatable bonds is 2. The molecule has 3 heterocycles. The summed E-state index contributed by atoms with van der Waals surface area (Å²) in [5, 5.41) is 2.76. The summed E-state index contributed by atoms with van der Waals surface area (Å²) in [5.74, 6) is 0.0951. The molecular formula is C15H21N3O3. The van der Waals surface area contributed by atoms with Gasteiger partial charge in [0.1, 0.15) is 0 Å². The lowest BCUT2D eigenvalue weighted by atomic mass is 9.73. The molecule has 0 aromatic carbocycles. The Kier molecular flexibility index (Phi) is 3.49. The van der Waals surface area contributed by atoms with Gasteiger partial charge in [-0.25, -0.2) is 0 Å². The average Bonchev–Trinajstić information content (AvgIpc) is 3.09. The molecule has 2 fully saturated rings. The summed E-state index contributed by atoms with van der Waals surface area (Å²) < 4.78 is 5.52. The fourth-order valence-electron chi connectivity index (χ4n) is 3.57. The molecule has 114 valence electrons. The van der Waals surface area contributed by atoms with Crippen molar-refractivity contribution in [2.24, 2.45) is 11.3 Å². The van der Waals surface area contributed by atoms with Crippen molar-refractivity contribution < 1.29 is 14.3 Å².